The number of nitrogens with zero attached hydrogens (tertiary/aromatic N) is 1. The maximum absolute atomic E-state index is 4.58. The first-order chi connectivity index (χ1) is 3.93. The number of nitrogens with one attached hydrogen (secondary N) is 1. The fraction of sp³-hybridized carbons (Fsp3) is 0.400. The van der Waals surface area contributed by atoms with E-state index in [0.717, 1.165) is 12.2 Å². The molecule has 44 valence electrons. The summed E-state index contributed by atoms with van der Waals surface area (Å²) in [4.78, 5) is 0. The second kappa shape index (κ2) is 2.47. The Hall–Kier alpha value is -0.830. The van der Waals surface area contributed by atoms with Crippen molar-refractivity contribution in [1.29, 1.82) is 0 Å². The fourth-order valence-corrected chi connectivity index (χ4v) is 0.510. The molecule has 0 unspecified atom stereocenters. The van der Waals surface area contributed by atoms with Crippen LogP contribution >= 0.6 is 0 Å². The van der Waals surface area contributed by atoms with Crippen LogP contribution in [-0.4, -0.2) is 12.2 Å². The van der Waals surface area contributed by atoms with Crippen LogP contribution in [0.4, 0.5) is 0 Å². The maximum Gasteiger partial charge on any atom is 0.124 e. The van der Waals surface area contributed by atoms with Crippen LogP contribution < -0.4 is 5.32 Å². The summed E-state index contributed by atoms with van der Waals surface area (Å²) < 4.78 is 4.58. The van der Waals surface area contributed by atoms with Crippen molar-refractivity contribution in [3.05, 3.63) is 18.0 Å². The predicted molar refractivity (Wildman–Crippen MR) is 29.3 cm³/mol. The summed E-state index contributed by atoms with van der Waals surface area (Å²) >= 11 is 0. The predicted octanol–water partition coefficient (Wildman–Crippen LogP) is 0.394. The van der Waals surface area contributed by atoms with Crippen LogP contribution in [0, 0.1) is 0 Å². The topological polar surface area (TPSA) is 38.1 Å². The summed E-state index contributed by atoms with van der Waals surface area (Å²) in [6.07, 6.45) is 1.56. The Kier molecular flexibility index (Phi) is 1.64. The second-order valence-corrected chi connectivity index (χ2v) is 1.52. The van der Waals surface area contributed by atoms with E-state index >= 15 is 0 Å². The molecule has 1 heterocycles. The van der Waals surface area contributed by atoms with Crippen LogP contribution in [0.2, 0.25) is 0 Å². The summed E-state index contributed by atoms with van der Waals surface area (Å²) in [6.45, 7) is 0.774. The summed E-state index contributed by atoms with van der Waals surface area (Å²) in [6, 6.07) is 1.83. The summed E-state index contributed by atoms with van der Waals surface area (Å²) in [5, 5.41) is 6.62. The third-order valence-electron chi connectivity index (χ3n) is 0.849. The van der Waals surface area contributed by atoms with Crippen molar-refractivity contribution in [2.45, 2.75) is 6.54 Å². The molecule has 0 aliphatic heterocycles. The van der Waals surface area contributed by atoms with Crippen LogP contribution in [-0.2, 0) is 6.54 Å². The summed E-state index contributed by atoms with van der Waals surface area (Å²) in [5.74, 6) is 0. The molecule has 1 aromatic rings. The van der Waals surface area contributed by atoms with Crippen molar-refractivity contribution >= 4 is 0 Å². The van der Waals surface area contributed by atoms with E-state index in [1.165, 1.54) is 0 Å². The molecule has 0 aromatic carbocycles. The van der Waals surface area contributed by atoms with E-state index < -0.39 is 0 Å². The Balaban J connectivity index is 2.50. The van der Waals surface area contributed by atoms with Gasteiger partial charge in [-0.15, -0.1) is 0 Å². The summed E-state index contributed by atoms with van der Waals surface area (Å²) in [7, 11) is 1.87. The largest absolute Gasteiger partial charge is 0.364 e. The average molecular weight is 112 g/mol. The van der Waals surface area contributed by atoms with Gasteiger partial charge in [-0.25, -0.2) is 0 Å². The van der Waals surface area contributed by atoms with Gasteiger partial charge in [-0.05, 0) is 7.05 Å². The molecular formula is C5H8N2O. The molecule has 0 saturated heterocycles. The third-order valence-corrected chi connectivity index (χ3v) is 0.849. The number of hydrogen-bond donors (Lipinski definition) is 1. The highest BCUT2D eigenvalue weighted by atomic mass is 16.5. The fourth-order valence-electron chi connectivity index (χ4n) is 0.510. The Morgan fingerprint density at radius 1 is 1.88 bits per heavy atom. The third kappa shape index (κ3) is 1.07. The first-order valence-corrected chi connectivity index (χ1v) is 2.47. The smallest absolute Gasteiger partial charge is 0.124 e. The quantitative estimate of drug-likeness (QED) is 0.601. The van der Waals surface area contributed by atoms with Gasteiger partial charge in [0.25, 0.3) is 0 Å². The second-order valence-electron chi connectivity index (χ2n) is 1.52. The molecule has 3 heteroatoms. The minimum Gasteiger partial charge on any atom is -0.364 e. The van der Waals surface area contributed by atoms with E-state index in [4.69, 9.17) is 0 Å². The molecule has 8 heavy (non-hydrogen) atoms. The highest BCUT2D eigenvalue weighted by molar-refractivity contribution is 4.93. The minimum atomic E-state index is 0.774. The highest BCUT2D eigenvalue weighted by Crippen LogP contribution is 1.90. The van der Waals surface area contributed by atoms with Gasteiger partial charge in [0, 0.05) is 12.6 Å². The SMILES string of the molecule is CNCc1ccon1. The van der Waals surface area contributed by atoms with Crippen LogP contribution in [0.1, 0.15) is 5.69 Å². The average Bonchev–Trinajstić information content (AvgIpc) is 2.19. The van der Waals surface area contributed by atoms with E-state index in [0.29, 0.717) is 0 Å². The molecule has 0 radical (unpaired) electrons. The van der Waals surface area contributed by atoms with Gasteiger partial charge in [-0.3, -0.25) is 0 Å². The van der Waals surface area contributed by atoms with Gasteiger partial charge >= 0.3 is 0 Å². The lowest BCUT2D eigenvalue weighted by molar-refractivity contribution is 0.410. The molecular weight excluding hydrogens is 104 g/mol. The molecule has 0 aliphatic carbocycles. The number of hydrogen-bond acceptors (Lipinski definition) is 3. The van der Waals surface area contributed by atoms with E-state index in [9.17, 15) is 0 Å². The molecule has 0 bridgehead atoms. The minimum absolute atomic E-state index is 0.774. The van der Waals surface area contributed by atoms with Gasteiger partial charge < -0.3 is 9.84 Å². The lowest BCUT2D eigenvalue weighted by atomic mass is 10.4. The zero-order valence-corrected chi connectivity index (χ0v) is 4.72. The summed E-state index contributed by atoms with van der Waals surface area (Å²) in [5.41, 5.74) is 0.938. The van der Waals surface area contributed by atoms with Crippen LogP contribution in [0.15, 0.2) is 16.9 Å². The molecule has 0 spiro atoms. The normalized spacial score (nSPS) is 9.62. The first-order valence-electron chi connectivity index (χ1n) is 2.47. The Bertz CT molecular complexity index is 136. The van der Waals surface area contributed by atoms with Crippen molar-refractivity contribution in [2.24, 2.45) is 0 Å². The highest BCUT2D eigenvalue weighted by Gasteiger charge is 1.89. The van der Waals surface area contributed by atoms with Gasteiger partial charge in [-0.1, -0.05) is 5.16 Å². The molecule has 0 atom stereocenters. The van der Waals surface area contributed by atoms with Gasteiger partial charge in [0.15, 0.2) is 0 Å². The zero-order chi connectivity index (χ0) is 5.82. The first kappa shape index (κ1) is 5.31. The maximum atomic E-state index is 4.58. The lowest BCUT2D eigenvalue weighted by Gasteiger charge is -1.86. The van der Waals surface area contributed by atoms with Crippen LogP contribution in [0.5, 0.6) is 0 Å². The molecule has 0 fully saturated rings. The van der Waals surface area contributed by atoms with E-state index in [1.54, 1.807) is 6.26 Å². The van der Waals surface area contributed by atoms with E-state index in [1.807, 2.05) is 13.1 Å². The van der Waals surface area contributed by atoms with Gasteiger partial charge in [0.1, 0.15) is 6.26 Å². The van der Waals surface area contributed by atoms with Crippen LogP contribution in [0.25, 0.3) is 0 Å². The standard InChI is InChI=1S/C5H8N2O/c1-6-4-5-2-3-8-7-5/h2-3,6H,4H2,1H3. The molecule has 1 rings (SSSR count). The van der Waals surface area contributed by atoms with E-state index in [-0.39, 0.29) is 0 Å². The Morgan fingerprint density at radius 3 is 3.25 bits per heavy atom. The van der Waals surface area contributed by atoms with Crippen LogP contribution in [0.3, 0.4) is 0 Å². The molecule has 0 aliphatic rings. The molecule has 1 aromatic heterocycles. The molecule has 0 amide bonds. The Labute approximate surface area is 47.7 Å². The van der Waals surface area contributed by atoms with Crippen molar-refractivity contribution in [3.63, 3.8) is 0 Å². The molecule has 1 N–H and O–H groups in total. The van der Waals surface area contributed by atoms with Crippen molar-refractivity contribution in [3.8, 4) is 0 Å². The van der Waals surface area contributed by atoms with Gasteiger partial charge in [0.2, 0.25) is 0 Å². The van der Waals surface area contributed by atoms with Crippen molar-refractivity contribution < 1.29 is 4.52 Å². The van der Waals surface area contributed by atoms with Crippen molar-refractivity contribution in [1.82, 2.24) is 10.5 Å². The number of aromatic nitrogens is 1. The van der Waals surface area contributed by atoms with Crippen molar-refractivity contribution in [2.75, 3.05) is 7.05 Å². The molecule has 0 saturated carbocycles. The number of rotatable bonds is 2. The Morgan fingerprint density at radius 2 is 2.75 bits per heavy atom. The van der Waals surface area contributed by atoms with Gasteiger partial charge in [-0.2, -0.15) is 0 Å². The van der Waals surface area contributed by atoms with E-state index in [2.05, 4.69) is 15.0 Å². The molecule has 3 nitrogen and oxygen atoms in total. The monoisotopic (exact) mass is 112 g/mol. The lowest BCUT2D eigenvalue weighted by Crippen LogP contribution is -2.04. The van der Waals surface area contributed by atoms with Gasteiger partial charge in [0.05, 0.1) is 5.69 Å². The zero-order valence-electron chi connectivity index (χ0n) is 4.72.